The van der Waals surface area contributed by atoms with Gasteiger partial charge in [-0.3, -0.25) is 4.79 Å². The monoisotopic (exact) mass is 402 g/mol. The van der Waals surface area contributed by atoms with Crippen molar-refractivity contribution in [3.8, 4) is 11.5 Å². The first-order valence-electron chi connectivity index (χ1n) is 9.72. The lowest BCUT2D eigenvalue weighted by molar-refractivity contribution is -0.122. The number of hydrogen-bond donors (Lipinski definition) is 1. The number of nitrogens with one attached hydrogen (secondary N) is 1. The highest BCUT2D eigenvalue weighted by Gasteiger charge is 2.20. The molecule has 5 nitrogen and oxygen atoms in total. The molecule has 1 fully saturated rings. The van der Waals surface area contributed by atoms with Crippen LogP contribution in [0.25, 0.3) is 0 Å². The summed E-state index contributed by atoms with van der Waals surface area (Å²) in [4.78, 5) is 14.9. The topological polar surface area (TPSA) is 50.8 Å². The zero-order valence-electron chi connectivity index (χ0n) is 16.4. The molecule has 1 N–H and O–H groups in total. The Kier molecular flexibility index (Phi) is 7.18. The van der Waals surface area contributed by atoms with Crippen LogP contribution in [0.3, 0.4) is 0 Å². The molecule has 2 aromatic rings. The summed E-state index contributed by atoms with van der Waals surface area (Å²) in [5.41, 5.74) is 0.717. The Labute approximate surface area is 171 Å². The first kappa shape index (κ1) is 20.5. The maximum absolute atomic E-state index is 12.6. The highest BCUT2D eigenvalue weighted by molar-refractivity contribution is 6.30. The van der Waals surface area contributed by atoms with Crippen LogP contribution in [0.15, 0.2) is 48.5 Å². The van der Waals surface area contributed by atoms with Crippen LogP contribution in [0.4, 0.5) is 5.69 Å². The summed E-state index contributed by atoms with van der Waals surface area (Å²) >= 11 is 5.98. The van der Waals surface area contributed by atoms with Crippen molar-refractivity contribution in [2.45, 2.75) is 38.4 Å². The number of ether oxygens (including phenoxy) is 2. The molecule has 0 aliphatic carbocycles. The van der Waals surface area contributed by atoms with Crippen molar-refractivity contribution < 1.29 is 14.3 Å². The van der Waals surface area contributed by atoms with Gasteiger partial charge in [0, 0.05) is 23.8 Å². The van der Waals surface area contributed by atoms with Gasteiger partial charge in [-0.05, 0) is 68.8 Å². The third-order valence-corrected chi connectivity index (χ3v) is 5.06. The number of carbonyl (C=O) groups excluding carboxylic acids is 1. The molecule has 150 valence electrons. The molecule has 1 aliphatic heterocycles. The number of nitrogens with zero attached hydrogens (tertiary/aromatic N) is 1. The molecule has 2 aromatic carbocycles. The van der Waals surface area contributed by atoms with Crippen molar-refractivity contribution in [1.29, 1.82) is 0 Å². The molecular weight excluding hydrogens is 376 g/mol. The molecule has 1 aliphatic rings. The Morgan fingerprint density at radius 1 is 1.18 bits per heavy atom. The normalized spacial score (nSPS) is 16.4. The van der Waals surface area contributed by atoms with Gasteiger partial charge in [-0.15, -0.1) is 0 Å². The summed E-state index contributed by atoms with van der Waals surface area (Å²) in [6, 6.07) is 14.6. The van der Waals surface area contributed by atoms with Crippen LogP contribution in [-0.2, 0) is 4.79 Å². The minimum absolute atomic E-state index is 0.188. The van der Waals surface area contributed by atoms with E-state index < -0.39 is 6.10 Å². The van der Waals surface area contributed by atoms with E-state index in [0.29, 0.717) is 22.9 Å². The molecule has 0 bridgehead atoms. The van der Waals surface area contributed by atoms with Crippen molar-refractivity contribution in [3.05, 3.63) is 53.6 Å². The molecule has 1 unspecified atom stereocenters. The van der Waals surface area contributed by atoms with E-state index in [1.165, 1.54) is 0 Å². The van der Waals surface area contributed by atoms with Gasteiger partial charge in [0.25, 0.3) is 5.91 Å². The summed E-state index contributed by atoms with van der Waals surface area (Å²) in [5.74, 6) is 1.22. The van der Waals surface area contributed by atoms with Gasteiger partial charge in [0.05, 0.1) is 0 Å². The lowest BCUT2D eigenvalue weighted by Crippen LogP contribution is -2.35. The molecule has 1 saturated heterocycles. The predicted molar refractivity (Wildman–Crippen MR) is 112 cm³/mol. The Morgan fingerprint density at radius 2 is 1.89 bits per heavy atom. The smallest absolute Gasteiger partial charge is 0.265 e. The second-order valence-corrected chi connectivity index (χ2v) is 7.54. The number of halogens is 1. The van der Waals surface area contributed by atoms with E-state index in [-0.39, 0.29) is 12.0 Å². The number of rotatable bonds is 7. The summed E-state index contributed by atoms with van der Waals surface area (Å²) in [7, 11) is 2.13. The van der Waals surface area contributed by atoms with E-state index in [0.717, 1.165) is 31.7 Å². The number of benzene rings is 2. The summed E-state index contributed by atoms with van der Waals surface area (Å²) in [5, 5.41) is 3.48. The van der Waals surface area contributed by atoms with Crippen molar-refractivity contribution in [2.24, 2.45) is 0 Å². The van der Waals surface area contributed by atoms with Crippen LogP contribution in [-0.4, -0.2) is 43.2 Å². The highest BCUT2D eigenvalue weighted by atomic mass is 35.5. The number of carbonyl (C=O) groups is 1. The second kappa shape index (κ2) is 9.80. The molecular formula is C22H27ClN2O3. The van der Waals surface area contributed by atoms with Crippen LogP contribution in [0.2, 0.25) is 5.02 Å². The maximum atomic E-state index is 12.6. The largest absolute Gasteiger partial charge is 0.490 e. The Balaban J connectivity index is 1.54. The zero-order chi connectivity index (χ0) is 19.9. The third-order valence-electron chi connectivity index (χ3n) is 4.83. The molecule has 0 radical (unpaired) electrons. The average molecular weight is 403 g/mol. The highest BCUT2D eigenvalue weighted by Crippen LogP contribution is 2.22. The predicted octanol–water partition coefficient (Wildman–Crippen LogP) is 4.61. The fraction of sp³-hybridized carbons (Fsp3) is 0.409. The van der Waals surface area contributed by atoms with Crippen LogP contribution in [0.5, 0.6) is 11.5 Å². The van der Waals surface area contributed by atoms with E-state index in [2.05, 4.69) is 17.3 Å². The van der Waals surface area contributed by atoms with E-state index >= 15 is 0 Å². The molecule has 1 heterocycles. The van der Waals surface area contributed by atoms with Gasteiger partial charge in [-0.2, -0.15) is 0 Å². The average Bonchev–Trinajstić information content (AvgIpc) is 2.69. The number of likely N-dealkylation sites (tertiary alicyclic amines) is 1. The number of anilines is 1. The maximum Gasteiger partial charge on any atom is 0.265 e. The fourth-order valence-corrected chi connectivity index (χ4v) is 3.34. The molecule has 0 aromatic heterocycles. The lowest BCUT2D eigenvalue weighted by atomic mass is 10.1. The van der Waals surface area contributed by atoms with Crippen LogP contribution in [0, 0.1) is 0 Å². The van der Waals surface area contributed by atoms with Gasteiger partial charge in [-0.25, -0.2) is 0 Å². The minimum Gasteiger partial charge on any atom is -0.490 e. The Bertz CT molecular complexity index is 774. The summed E-state index contributed by atoms with van der Waals surface area (Å²) < 4.78 is 11.8. The van der Waals surface area contributed by atoms with Crippen LogP contribution >= 0.6 is 11.6 Å². The van der Waals surface area contributed by atoms with Crippen LogP contribution < -0.4 is 14.8 Å². The molecule has 1 amide bonds. The zero-order valence-corrected chi connectivity index (χ0v) is 17.1. The van der Waals surface area contributed by atoms with E-state index in [4.69, 9.17) is 21.1 Å². The van der Waals surface area contributed by atoms with E-state index in [1.54, 1.807) is 24.3 Å². The lowest BCUT2D eigenvalue weighted by Gasteiger charge is -2.29. The van der Waals surface area contributed by atoms with Crippen molar-refractivity contribution in [1.82, 2.24) is 4.90 Å². The van der Waals surface area contributed by atoms with E-state index in [9.17, 15) is 4.79 Å². The fourth-order valence-electron chi connectivity index (χ4n) is 3.16. The third kappa shape index (κ3) is 5.88. The number of hydrogen-bond acceptors (Lipinski definition) is 4. The molecule has 0 saturated carbocycles. The molecule has 28 heavy (non-hydrogen) atoms. The minimum atomic E-state index is -0.589. The SMILES string of the molecule is CCC(Oc1cccc(Cl)c1)C(=O)Nc1ccc(OC2CCN(C)CC2)cc1. The van der Waals surface area contributed by atoms with Crippen molar-refractivity contribution >= 4 is 23.2 Å². The first-order valence-corrected chi connectivity index (χ1v) is 10.1. The quantitative estimate of drug-likeness (QED) is 0.734. The second-order valence-electron chi connectivity index (χ2n) is 7.11. The van der Waals surface area contributed by atoms with Gasteiger partial charge in [0.1, 0.15) is 17.6 Å². The van der Waals surface area contributed by atoms with E-state index in [1.807, 2.05) is 31.2 Å². The van der Waals surface area contributed by atoms with Crippen molar-refractivity contribution in [3.63, 3.8) is 0 Å². The van der Waals surface area contributed by atoms with Gasteiger partial charge in [0.15, 0.2) is 6.10 Å². The summed E-state index contributed by atoms with van der Waals surface area (Å²) in [6.45, 7) is 4.03. The Morgan fingerprint density at radius 3 is 2.54 bits per heavy atom. The van der Waals surface area contributed by atoms with Gasteiger partial charge in [0.2, 0.25) is 0 Å². The van der Waals surface area contributed by atoms with Gasteiger partial charge >= 0.3 is 0 Å². The molecule has 3 rings (SSSR count). The standard InChI is InChI=1S/C22H27ClN2O3/c1-3-21(28-20-6-4-5-16(23)15-20)22(26)24-17-7-9-18(10-8-17)27-19-11-13-25(2)14-12-19/h4-10,15,19,21H,3,11-14H2,1-2H3,(H,24,26). The van der Waals surface area contributed by atoms with Crippen LogP contribution in [0.1, 0.15) is 26.2 Å². The number of amides is 1. The molecule has 1 atom stereocenters. The number of piperidine rings is 1. The molecule has 0 spiro atoms. The first-order chi connectivity index (χ1) is 13.5. The van der Waals surface area contributed by atoms with Gasteiger partial charge in [-0.1, -0.05) is 24.6 Å². The van der Waals surface area contributed by atoms with Crippen molar-refractivity contribution in [2.75, 3.05) is 25.5 Å². The van der Waals surface area contributed by atoms with Gasteiger partial charge < -0.3 is 19.7 Å². The summed E-state index contributed by atoms with van der Waals surface area (Å²) in [6.07, 6.45) is 2.29. The Hall–Kier alpha value is -2.24. The molecule has 6 heteroatoms.